The second-order valence-electron chi connectivity index (χ2n) is 32.8. The van der Waals surface area contributed by atoms with Crippen molar-refractivity contribution < 1.29 is 80.2 Å². The molecule has 0 radical (unpaired) electrons. The van der Waals surface area contributed by atoms with Crippen LogP contribution in [-0.4, -0.2) is 96.7 Å². The Bertz CT molecular complexity index is 2060. The molecule has 107 heavy (non-hydrogen) atoms. The lowest BCUT2D eigenvalue weighted by Gasteiger charge is -2.21. The molecule has 0 aromatic carbocycles. The van der Waals surface area contributed by atoms with E-state index < -0.39 is 97.5 Å². The van der Waals surface area contributed by atoms with E-state index in [0.29, 0.717) is 25.7 Å². The second-order valence-corrected chi connectivity index (χ2v) is 35.7. The standard InChI is InChI=1S/C88H172O17P2/c1-8-10-11-12-13-14-41-48-55-62-69-85(90)98-75-83(104-88(93)72-65-58-51-44-37-31-25-27-33-39-46-53-60-67-80(5)6)77-102-106(94,95)100-73-82(89)74-101-107(96,97)103-78-84(76-99-86(91)70-63-56-49-42-35-29-23-20-19-21-26-32-38-45-52-59-66-79(3)4)105-87(92)71-64-57-50-43-36-30-24-18-16-15-17-22-28-34-40-47-54-61-68-81(7)9-2/h79-84,89H,8-78H2,1-7H3,(H,94,95)(H,96,97)/t81?,82-,83+,84+/m0/s1. The number of hydrogen-bond acceptors (Lipinski definition) is 15. The van der Waals surface area contributed by atoms with E-state index in [9.17, 15) is 43.2 Å². The molecule has 19 heteroatoms. The Morgan fingerprint density at radius 1 is 0.271 bits per heavy atom. The number of phosphoric acid groups is 2. The molecule has 0 saturated heterocycles. The minimum Gasteiger partial charge on any atom is -0.462 e. The number of rotatable bonds is 86. The van der Waals surface area contributed by atoms with Crippen molar-refractivity contribution in [1.82, 2.24) is 0 Å². The van der Waals surface area contributed by atoms with Crippen molar-refractivity contribution in [2.24, 2.45) is 17.8 Å². The Morgan fingerprint density at radius 3 is 0.710 bits per heavy atom. The molecule has 0 bridgehead atoms. The van der Waals surface area contributed by atoms with E-state index in [1.165, 1.54) is 276 Å². The highest BCUT2D eigenvalue weighted by Gasteiger charge is 2.31. The fraction of sp³-hybridized carbons (Fsp3) is 0.955. The predicted octanol–water partition coefficient (Wildman–Crippen LogP) is 26.9. The molecule has 0 saturated carbocycles. The molecule has 17 nitrogen and oxygen atoms in total. The smallest absolute Gasteiger partial charge is 0.462 e. The molecule has 0 aliphatic carbocycles. The highest BCUT2D eigenvalue weighted by atomic mass is 31.2. The average Bonchev–Trinajstić information content (AvgIpc) is 0.910. The average molecular weight is 1560 g/mol. The van der Waals surface area contributed by atoms with Crippen molar-refractivity contribution in [3.63, 3.8) is 0 Å². The van der Waals surface area contributed by atoms with Gasteiger partial charge in [0.05, 0.1) is 26.4 Å². The number of unbranched alkanes of at least 4 members (excludes halogenated alkanes) is 53. The summed E-state index contributed by atoms with van der Waals surface area (Å²) in [5.41, 5.74) is 0. The maximum Gasteiger partial charge on any atom is 0.472 e. The third-order valence-electron chi connectivity index (χ3n) is 21.0. The van der Waals surface area contributed by atoms with Crippen molar-refractivity contribution in [2.75, 3.05) is 39.6 Å². The SMILES string of the molecule is CCCCCCCCCCCCC(=O)OC[C@H](COP(=O)(O)OC[C@H](O)COP(=O)(O)OC[C@@H](COC(=O)CCCCCCCCCCCCCCCCCCC(C)C)OC(=O)CCCCCCCCCCCCCCCCCCCCC(C)CC)OC(=O)CCCCCCCCCCCCCCCC(C)C. The van der Waals surface area contributed by atoms with Crippen molar-refractivity contribution in [3.05, 3.63) is 0 Å². The predicted molar refractivity (Wildman–Crippen MR) is 441 cm³/mol. The quantitative estimate of drug-likeness (QED) is 0.0222. The van der Waals surface area contributed by atoms with E-state index >= 15 is 0 Å². The number of esters is 4. The van der Waals surface area contributed by atoms with Gasteiger partial charge in [-0.3, -0.25) is 37.3 Å². The number of aliphatic hydroxyl groups excluding tert-OH is 1. The molecule has 3 N–H and O–H groups in total. The van der Waals surface area contributed by atoms with Gasteiger partial charge in [0, 0.05) is 25.7 Å². The first-order chi connectivity index (χ1) is 51.8. The Kier molecular flexibility index (Phi) is 76.6. The Balaban J connectivity index is 5.22. The third kappa shape index (κ3) is 80.5. The lowest BCUT2D eigenvalue weighted by molar-refractivity contribution is -0.161. The van der Waals surface area contributed by atoms with Crippen molar-refractivity contribution >= 4 is 39.5 Å². The molecule has 0 rings (SSSR count). The summed E-state index contributed by atoms with van der Waals surface area (Å²) in [7, 11) is -9.93. The van der Waals surface area contributed by atoms with Crippen LogP contribution in [0, 0.1) is 17.8 Å². The van der Waals surface area contributed by atoms with Gasteiger partial charge >= 0.3 is 39.5 Å². The van der Waals surface area contributed by atoms with Gasteiger partial charge in [-0.15, -0.1) is 0 Å². The van der Waals surface area contributed by atoms with Crippen LogP contribution in [0.3, 0.4) is 0 Å². The molecule has 636 valence electrons. The molecular formula is C88H172O17P2. The van der Waals surface area contributed by atoms with E-state index in [0.717, 1.165) is 108 Å². The van der Waals surface area contributed by atoms with Gasteiger partial charge < -0.3 is 33.8 Å². The highest BCUT2D eigenvalue weighted by molar-refractivity contribution is 7.47. The number of hydrogen-bond donors (Lipinski definition) is 3. The van der Waals surface area contributed by atoms with E-state index in [1.54, 1.807) is 0 Å². The van der Waals surface area contributed by atoms with Crippen LogP contribution >= 0.6 is 15.6 Å². The first-order valence-corrected chi connectivity index (χ1v) is 48.4. The van der Waals surface area contributed by atoms with Crippen molar-refractivity contribution in [3.8, 4) is 0 Å². The number of carbonyl (C=O) groups excluding carboxylic acids is 4. The fourth-order valence-electron chi connectivity index (χ4n) is 13.7. The summed E-state index contributed by atoms with van der Waals surface area (Å²) in [6.07, 6.45) is 69.4. The van der Waals surface area contributed by atoms with Crippen molar-refractivity contribution in [2.45, 2.75) is 484 Å². The molecule has 0 aromatic rings. The Morgan fingerprint density at radius 2 is 0.477 bits per heavy atom. The first-order valence-electron chi connectivity index (χ1n) is 45.4. The molecule has 0 heterocycles. The molecule has 0 aliphatic heterocycles. The number of phosphoric ester groups is 2. The number of aliphatic hydroxyl groups is 1. The van der Waals surface area contributed by atoms with Crippen LogP contribution in [0.15, 0.2) is 0 Å². The molecule has 6 atom stereocenters. The topological polar surface area (TPSA) is 237 Å². The van der Waals surface area contributed by atoms with E-state index in [-0.39, 0.29) is 25.7 Å². The van der Waals surface area contributed by atoms with E-state index in [1.807, 2.05) is 0 Å². The van der Waals surface area contributed by atoms with Gasteiger partial charge in [0.1, 0.15) is 19.3 Å². The third-order valence-corrected chi connectivity index (χ3v) is 22.9. The van der Waals surface area contributed by atoms with Gasteiger partial charge in [0.2, 0.25) is 0 Å². The van der Waals surface area contributed by atoms with Crippen LogP contribution in [0.5, 0.6) is 0 Å². The molecule has 0 aromatic heterocycles. The number of carbonyl (C=O) groups is 4. The summed E-state index contributed by atoms with van der Waals surface area (Å²) in [4.78, 5) is 73.3. The maximum absolute atomic E-state index is 13.2. The van der Waals surface area contributed by atoms with E-state index in [2.05, 4.69) is 48.5 Å². The fourth-order valence-corrected chi connectivity index (χ4v) is 15.3. The normalized spacial score (nSPS) is 14.1. The molecule has 0 fully saturated rings. The van der Waals surface area contributed by atoms with Crippen LogP contribution in [0.2, 0.25) is 0 Å². The summed E-state index contributed by atoms with van der Waals surface area (Å²) in [5, 5.41) is 10.7. The lowest BCUT2D eigenvalue weighted by atomic mass is 9.99. The van der Waals surface area contributed by atoms with Gasteiger partial charge in [-0.25, -0.2) is 9.13 Å². The summed E-state index contributed by atoms with van der Waals surface area (Å²) in [6, 6.07) is 0. The Hall–Kier alpha value is -1.94. The minimum atomic E-state index is -4.97. The summed E-state index contributed by atoms with van der Waals surface area (Å²) < 4.78 is 68.9. The molecular weight excluding hydrogens is 1390 g/mol. The van der Waals surface area contributed by atoms with E-state index in [4.69, 9.17) is 37.0 Å². The van der Waals surface area contributed by atoms with Crippen LogP contribution in [-0.2, 0) is 65.4 Å². The molecule has 3 unspecified atom stereocenters. The lowest BCUT2D eigenvalue weighted by Crippen LogP contribution is -2.30. The zero-order valence-corrected chi connectivity index (χ0v) is 72.4. The highest BCUT2D eigenvalue weighted by Crippen LogP contribution is 2.45. The summed E-state index contributed by atoms with van der Waals surface area (Å²) in [6.45, 7) is 12.1. The van der Waals surface area contributed by atoms with Gasteiger partial charge in [-0.2, -0.15) is 0 Å². The Labute approximate surface area is 658 Å². The minimum absolute atomic E-state index is 0.107. The van der Waals surface area contributed by atoms with Gasteiger partial charge in [-0.1, -0.05) is 414 Å². The van der Waals surface area contributed by atoms with Crippen LogP contribution in [0.25, 0.3) is 0 Å². The summed E-state index contributed by atoms with van der Waals surface area (Å²) >= 11 is 0. The van der Waals surface area contributed by atoms with Gasteiger partial charge in [0.15, 0.2) is 12.2 Å². The number of ether oxygens (including phenoxy) is 4. The largest absolute Gasteiger partial charge is 0.472 e. The van der Waals surface area contributed by atoms with Crippen LogP contribution < -0.4 is 0 Å². The first kappa shape index (κ1) is 105. The van der Waals surface area contributed by atoms with Gasteiger partial charge in [0.25, 0.3) is 0 Å². The van der Waals surface area contributed by atoms with Gasteiger partial charge in [-0.05, 0) is 43.4 Å². The summed E-state index contributed by atoms with van der Waals surface area (Å²) in [5.74, 6) is 0.369. The zero-order chi connectivity index (χ0) is 78.6. The molecule has 0 spiro atoms. The molecule has 0 amide bonds. The molecule has 0 aliphatic rings. The maximum atomic E-state index is 13.2. The van der Waals surface area contributed by atoms with Crippen LogP contribution in [0.1, 0.15) is 466 Å². The van der Waals surface area contributed by atoms with Crippen molar-refractivity contribution in [1.29, 1.82) is 0 Å². The van der Waals surface area contributed by atoms with Crippen LogP contribution in [0.4, 0.5) is 0 Å². The second kappa shape index (κ2) is 78.0. The monoisotopic (exact) mass is 1560 g/mol. The zero-order valence-electron chi connectivity index (χ0n) is 70.6.